The molecule has 0 nitrogen and oxygen atoms in total. The van der Waals surface area contributed by atoms with Crippen molar-refractivity contribution in [2.75, 3.05) is 0 Å². The molecule has 1 aliphatic carbocycles. The predicted octanol–water partition coefficient (Wildman–Crippen LogP) is 5.56. The fourth-order valence-corrected chi connectivity index (χ4v) is 3.17. The summed E-state index contributed by atoms with van der Waals surface area (Å²) >= 11 is 17.9. The zero-order valence-electron chi connectivity index (χ0n) is 9.54. The van der Waals surface area contributed by atoms with Gasteiger partial charge >= 0.3 is 0 Å². The second-order valence-corrected chi connectivity index (χ2v) is 7.06. The molecule has 92 valence electrons. The average Bonchev–Trinajstić information content (AvgIpc) is 2.64. The number of rotatable bonds is 1. The van der Waals surface area contributed by atoms with Gasteiger partial charge in [-0.3, -0.25) is 0 Å². The first kappa shape index (κ1) is 12.3. The van der Waals surface area contributed by atoms with Gasteiger partial charge in [-0.05, 0) is 22.3 Å². The van der Waals surface area contributed by atoms with Gasteiger partial charge in [0.05, 0.1) is 0 Å². The molecule has 0 spiro atoms. The Labute approximate surface area is 121 Å². The van der Waals surface area contributed by atoms with E-state index < -0.39 is 3.79 Å². The van der Waals surface area contributed by atoms with Crippen molar-refractivity contribution < 1.29 is 0 Å². The second-order valence-electron chi connectivity index (χ2n) is 4.55. The summed E-state index contributed by atoms with van der Waals surface area (Å²) in [5.41, 5.74) is 5.02. The first-order chi connectivity index (χ1) is 8.56. The van der Waals surface area contributed by atoms with E-state index in [0.29, 0.717) is 6.42 Å². The number of hydrogen-bond donors (Lipinski definition) is 0. The van der Waals surface area contributed by atoms with Gasteiger partial charge in [-0.1, -0.05) is 83.3 Å². The molecule has 0 heterocycles. The van der Waals surface area contributed by atoms with Gasteiger partial charge in [0.2, 0.25) is 0 Å². The van der Waals surface area contributed by atoms with Crippen molar-refractivity contribution in [3.8, 4) is 11.1 Å². The van der Waals surface area contributed by atoms with Crippen LogP contribution in [-0.4, -0.2) is 3.79 Å². The number of alkyl halides is 3. The van der Waals surface area contributed by atoms with Crippen LogP contribution in [0.2, 0.25) is 0 Å². The minimum Gasteiger partial charge on any atom is -0.0837 e. The van der Waals surface area contributed by atoms with Gasteiger partial charge in [-0.15, -0.1) is 0 Å². The first-order valence-corrected chi connectivity index (χ1v) is 6.94. The van der Waals surface area contributed by atoms with Crippen molar-refractivity contribution in [2.45, 2.75) is 16.1 Å². The molecule has 0 bridgehead atoms. The minimum atomic E-state index is -1.23. The van der Waals surface area contributed by atoms with Gasteiger partial charge in [-0.2, -0.15) is 0 Å². The summed E-state index contributed by atoms with van der Waals surface area (Å²) in [7, 11) is 0. The van der Waals surface area contributed by atoms with Crippen LogP contribution in [0.4, 0.5) is 0 Å². The van der Waals surface area contributed by atoms with Crippen LogP contribution < -0.4 is 0 Å². The summed E-state index contributed by atoms with van der Waals surface area (Å²) < 4.78 is -1.23. The average molecular weight is 298 g/mol. The lowest BCUT2D eigenvalue weighted by atomic mass is 9.94. The molecule has 0 N–H and O–H groups in total. The molecule has 18 heavy (non-hydrogen) atoms. The van der Waals surface area contributed by atoms with Crippen molar-refractivity contribution in [3.63, 3.8) is 0 Å². The Balaban J connectivity index is 2.15. The summed E-state index contributed by atoms with van der Waals surface area (Å²) in [6.45, 7) is 0. The third kappa shape index (κ3) is 2.14. The van der Waals surface area contributed by atoms with E-state index in [1.54, 1.807) is 0 Å². The van der Waals surface area contributed by atoms with E-state index in [0.717, 1.165) is 0 Å². The van der Waals surface area contributed by atoms with Gasteiger partial charge in [0, 0.05) is 12.3 Å². The Morgan fingerprint density at radius 3 is 1.67 bits per heavy atom. The van der Waals surface area contributed by atoms with Crippen LogP contribution in [0.25, 0.3) is 11.1 Å². The van der Waals surface area contributed by atoms with Crippen molar-refractivity contribution >= 4 is 34.8 Å². The molecular formula is C15H11Cl3. The van der Waals surface area contributed by atoms with E-state index in [1.165, 1.54) is 22.3 Å². The Bertz CT molecular complexity index is 539. The predicted molar refractivity (Wildman–Crippen MR) is 78.6 cm³/mol. The van der Waals surface area contributed by atoms with Crippen LogP contribution in [0, 0.1) is 0 Å². The smallest absolute Gasteiger partial charge is 0.0837 e. The first-order valence-electron chi connectivity index (χ1n) is 5.81. The lowest BCUT2D eigenvalue weighted by molar-refractivity contribution is 0.749. The number of hydrogen-bond acceptors (Lipinski definition) is 0. The Kier molecular flexibility index (Phi) is 3.05. The second kappa shape index (κ2) is 4.45. The van der Waals surface area contributed by atoms with E-state index in [2.05, 4.69) is 24.3 Å². The molecule has 0 unspecified atom stereocenters. The largest absolute Gasteiger partial charge is 0.191 e. The molecule has 0 atom stereocenters. The molecule has 1 aliphatic rings. The number of fused-ring (bicyclic) bond motifs is 3. The molecule has 0 saturated carbocycles. The van der Waals surface area contributed by atoms with Crippen LogP contribution in [0.5, 0.6) is 0 Å². The number of benzene rings is 2. The van der Waals surface area contributed by atoms with E-state index in [9.17, 15) is 0 Å². The van der Waals surface area contributed by atoms with Crippen LogP contribution >= 0.6 is 34.8 Å². The van der Waals surface area contributed by atoms with Crippen molar-refractivity contribution in [1.29, 1.82) is 0 Å². The molecule has 3 rings (SSSR count). The highest BCUT2D eigenvalue weighted by atomic mass is 35.6. The van der Waals surface area contributed by atoms with Crippen LogP contribution in [0.15, 0.2) is 48.5 Å². The van der Waals surface area contributed by atoms with Crippen molar-refractivity contribution in [3.05, 3.63) is 59.7 Å². The lowest BCUT2D eigenvalue weighted by Gasteiger charge is -2.18. The molecule has 0 amide bonds. The maximum absolute atomic E-state index is 5.98. The number of halogens is 3. The third-order valence-electron chi connectivity index (χ3n) is 3.40. The molecule has 3 heteroatoms. The summed E-state index contributed by atoms with van der Waals surface area (Å²) in [4.78, 5) is 0. The van der Waals surface area contributed by atoms with Gasteiger partial charge in [0.1, 0.15) is 0 Å². The van der Waals surface area contributed by atoms with Crippen LogP contribution in [0.1, 0.15) is 23.5 Å². The van der Waals surface area contributed by atoms with Crippen molar-refractivity contribution in [2.24, 2.45) is 0 Å². The zero-order valence-corrected chi connectivity index (χ0v) is 11.8. The highest BCUT2D eigenvalue weighted by molar-refractivity contribution is 6.67. The standard InChI is InChI=1S/C15H11Cl3/c16-15(17,18)9-14-12-7-3-1-5-10(12)11-6-2-4-8-13(11)14/h1-8,14H,9H2. The topological polar surface area (TPSA) is 0 Å². The normalized spacial score (nSPS) is 14.4. The Morgan fingerprint density at radius 1 is 0.778 bits per heavy atom. The fourth-order valence-electron chi connectivity index (χ4n) is 2.71. The molecule has 0 aliphatic heterocycles. The van der Waals surface area contributed by atoms with E-state index >= 15 is 0 Å². The molecule has 0 radical (unpaired) electrons. The van der Waals surface area contributed by atoms with Crippen LogP contribution in [0.3, 0.4) is 0 Å². The summed E-state index contributed by atoms with van der Waals surface area (Å²) in [6.07, 6.45) is 0.506. The SMILES string of the molecule is ClC(Cl)(Cl)CC1c2ccccc2-c2ccccc21. The quantitative estimate of drug-likeness (QED) is 0.605. The summed E-state index contributed by atoms with van der Waals surface area (Å²) in [5, 5.41) is 0. The van der Waals surface area contributed by atoms with Crippen LogP contribution in [-0.2, 0) is 0 Å². The Morgan fingerprint density at radius 2 is 1.22 bits per heavy atom. The molecule has 2 aromatic carbocycles. The zero-order chi connectivity index (χ0) is 12.8. The summed E-state index contributed by atoms with van der Waals surface area (Å²) in [6, 6.07) is 16.7. The summed E-state index contributed by atoms with van der Waals surface area (Å²) in [5.74, 6) is 0.171. The molecular weight excluding hydrogens is 287 g/mol. The molecule has 0 aromatic heterocycles. The Hall–Kier alpha value is -0.690. The highest BCUT2D eigenvalue weighted by Crippen LogP contribution is 2.50. The van der Waals surface area contributed by atoms with Gasteiger partial charge in [-0.25, -0.2) is 0 Å². The monoisotopic (exact) mass is 296 g/mol. The van der Waals surface area contributed by atoms with Gasteiger partial charge in [0.15, 0.2) is 3.79 Å². The van der Waals surface area contributed by atoms with E-state index in [-0.39, 0.29) is 5.92 Å². The van der Waals surface area contributed by atoms with E-state index in [1.807, 2.05) is 24.3 Å². The fraction of sp³-hybridized carbons (Fsp3) is 0.200. The third-order valence-corrected chi connectivity index (χ3v) is 3.86. The molecule has 0 saturated heterocycles. The minimum absolute atomic E-state index is 0.171. The highest BCUT2D eigenvalue weighted by Gasteiger charge is 2.34. The van der Waals surface area contributed by atoms with Crippen molar-refractivity contribution in [1.82, 2.24) is 0 Å². The van der Waals surface area contributed by atoms with Gasteiger partial charge in [0.25, 0.3) is 0 Å². The maximum atomic E-state index is 5.98. The maximum Gasteiger partial charge on any atom is 0.191 e. The van der Waals surface area contributed by atoms with Gasteiger partial charge < -0.3 is 0 Å². The lowest BCUT2D eigenvalue weighted by Crippen LogP contribution is -2.09. The molecule has 0 fully saturated rings. The molecule has 2 aromatic rings. The van der Waals surface area contributed by atoms with E-state index in [4.69, 9.17) is 34.8 Å².